The number of amides is 1. The van der Waals surface area contributed by atoms with Crippen LogP contribution in [0.4, 0.5) is 0 Å². The lowest BCUT2D eigenvalue weighted by atomic mass is 9.97. The topological polar surface area (TPSA) is 68.4 Å². The molecule has 1 aromatic heterocycles. The summed E-state index contributed by atoms with van der Waals surface area (Å²) in [5.74, 6) is 0.219. The van der Waals surface area contributed by atoms with Crippen molar-refractivity contribution in [1.82, 2.24) is 15.4 Å². The van der Waals surface area contributed by atoms with Crippen LogP contribution in [0, 0.1) is 12.8 Å². The van der Waals surface area contributed by atoms with Crippen molar-refractivity contribution in [2.45, 2.75) is 45.7 Å². The fourth-order valence-electron chi connectivity index (χ4n) is 4.80. The number of fused-ring (bicyclic) bond motifs is 1. The number of carbonyl (C=O) groups excluding carboxylic acids is 1. The first-order valence-corrected chi connectivity index (χ1v) is 11.1. The SMILES string of the molecule is CCC1CC(Cc2c(C)[nH]c3ccccc23)N(Cc2ccc(C=CC(=O)NO)cc2)C1. The minimum Gasteiger partial charge on any atom is -0.358 e. The Hall–Kier alpha value is -2.89. The van der Waals surface area contributed by atoms with Gasteiger partial charge in [-0.1, -0.05) is 55.8 Å². The molecule has 2 atom stereocenters. The molecule has 0 spiro atoms. The van der Waals surface area contributed by atoms with Crippen molar-refractivity contribution in [3.8, 4) is 0 Å². The van der Waals surface area contributed by atoms with Gasteiger partial charge in [0.1, 0.15) is 0 Å². The van der Waals surface area contributed by atoms with Crippen LogP contribution in [-0.2, 0) is 17.8 Å². The van der Waals surface area contributed by atoms with Crippen LogP contribution in [0.1, 0.15) is 42.1 Å². The van der Waals surface area contributed by atoms with Gasteiger partial charge in [0.05, 0.1) is 0 Å². The summed E-state index contributed by atoms with van der Waals surface area (Å²) in [5.41, 5.74) is 7.78. The molecular weight excluding hydrogens is 386 g/mol. The molecule has 2 heterocycles. The monoisotopic (exact) mass is 417 g/mol. The Labute approximate surface area is 183 Å². The zero-order valence-corrected chi connectivity index (χ0v) is 18.3. The van der Waals surface area contributed by atoms with Crippen LogP contribution in [-0.4, -0.2) is 33.6 Å². The highest BCUT2D eigenvalue weighted by Gasteiger charge is 2.31. The largest absolute Gasteiger partial charge is 0.358 e. The van der Waals surface area contributed by atoms with E-state index in [1.54, 1.807) is 11.6 Å². The molecular formula is C26H31N3O2. The molecule has 0 radical (unpaired) electrons. The van der Waals surface area contributed by atoms with E-state index in [1.165, 1.54) is 46.6 Å². The molecule has 0 aliphatic carbocycles. The molecule has 5 nitrogen and oxygen atoms in total. The zero-order valence-electron chi connectivity index (χ0n) is 18.3. The van der Waals surface area contributed by atoms with E-state index in [2.05, 4.69) is 60.1 Å². The van der Waals surface area contributed by atoms with E-state index in [1.807, 2.05) is 12.1 Å². The van der Waals surface area contributed by atoms with E-state index < -0.39 is 5.91 Å². The first-order valence-electron chi connectivity index (χ1n) is 11.1. The van der Waals surface area contributed by atoms with Crippen molar-refractivity contribution in [1.29, 1.82) is 0 Å². The molecule has 1 saturated heterocycles. The quantitative estimate of drug-likeness (QED) is 0.293. The van der Waals surface area contributed by atoms with E-state index in [0.717, 1.165) is 31.0 Å². The van der Waals surface area contributed by atoms with E-state index >= 15 is 0 Å². The van der Waals surface area contributed by atoms with E-state index in [9.17, 15) is 4.79 Å². The summed E-state index contributed by atoms with van der Waals surface area (Å²) in [6, 6.07) is 17.4. The molecule has 31 heavy (non-hydrogen) atoms. The third-order valence-corrected chi connectivity index (χ3v) is 6.56. The zero-order chi connectivity index (χ0) is 21.8. The summed E-state index contributed by atoms with van der Waals surface area (Å²) in [6.45, 7) is 6.56. The number of para-hydroxylation sites is 1. The maximum Gasteiger partial charge on any atom is 0.267 e. The first-order chi connectivity index (χ1) is 15.1. The van der Waals surface area contributed by atoms with Crippen molar-refractivity contribution in [3.63, 3.8) is 0 Å². The number of H-pyrrole nitrogens is 1. The Bertz CT molecular complexity index is 1070. The van der Waals surface area contributed by atoms with Gasteiger partial charge in [0.25, 0.3) is 5.91 Å². The summed E-state index contributed by atoms with van der Waals surface area (Å²) < 4.78 is 0. The molecule has 3 aromatic rings. The fraction of sp³-hybridized carbons (Fsp3) is 0.346. The Morgan fingerprint density at radius 3 is 2.74 bits per heavy atom. The van der Waals surface area contributed by atoms with Gasteiger partial charge in [-0.3, -0.25) is 14.9 Å². The minimum absolute atomic E-state index is 0.526. The van der Waals surface area contributed by atoms with E-state index in [-0.39, 0.29) is 0 Å². The average Bonchev–Trinajstić information content (AvgIpc) is 3.33. The van der Waals surface area contributed by atoms with Crippen LogP contribution in [0.15, 0.2) is 54.6 Å². The van der Waals surface area contributed by atoms with Crippen molar-refractivity contribution >= 4 is 22.9 Å². The summed E-state index contributed by atoms with van der Waals surface area (Å²) in [5, 5.41) is 9.94. The van der Waals surface area contributed by atoms with Crippen molar-refractivity contribution in [2.24, 2.45) is 5.92 Å². The van der Waals surface area contributed by atoms with Gasteiger partial charge in [-0.15, -0.1) is 0 Å². The highest BCUT2D eigenvalue weighted by molar-refractivity contribution is 5.90. The molecule has 4 rings (SSSR count). The molecule has 162 valence electrons. The second-order valence-corrected chi connectivity index (χ2v) is 8.62. The lowest BCUT2D eigenvalue weighted by Gasteiger charge is -2.25. The van der Waals surface area contributed by atoms with Gasteiger partial charge in [-0.25, -0.2) is 5.48 Å². The number of likely N-dealkylation sites (tertiary alicyclic amines) is 1. The third-order valence-electron chi connectivity index (χ3n) is 6.56. The van der Waals surface area contributed by atoms with Crippen molar-refractivity contribution in [3.05, 3.63) is 77.0 Å². The maximum atomic E-state index is 11.2. The summed E-state index contributed by atoms with van der Waals surface area (Å²) in [4.78, 5) is 17.3. The number of hydrogen-bond donors (Lipinski definition) is 3. The molecule has 0 bridgehead atoms. The lowest BCUT2D eigenvalue weighted by Crippen LogP contribution is -2.31. The average molecular weight is 418 g/mol. The van der Waals surface area contributed by atoms with Gasteiger partial charge in [0, 0.05) is 41.8 Å². The molecule has 1 amide bonds. The molecule has 1 aliphatic rings. The lowest BCUT2D eigenvalue weighted by molar-refractivity contribution is -0.124. The number of nitrogens with one attached hydrogen (secondary N) is 2. The number of benzene rings is 2. The van der Waals surface area contributed by atoms with Crippen LogP contribution in [0.25, 0.3) is 17.0 Å². The predicted molar refractivity (Wildman–Crippen MR) is 125 cm³/mol. The number of aryl methyl sites for hydroxylation is 1. The Balaban J connectivity index is 1.49. The van der Waals surface area contributed by atoms with E-state index in [0.29, 0.717) is 6.04 Å². The fourth-order valence-corrected chi connectivity index (χ4v) is 4.80. The minimum atomic E-state index is -0.526. The Morgan fingerprint density at radius 1 is 1.23 bits per heavy atom. The standard InChI is InChI=1S/C26H31N3O2/c1-3-19-14-22(15-24-18(2)27-25-7-5-4-6-23(24)25)29(16-19)17-21-10-8-20(9-11-21)12-13-26(30)28-31/h4-13,19,22,27,31H,3,14-17H2,1-2H3,(H,28,30). The van der Waals surface area contributed by atoms with Gasteiger partial charge >= 0.3 is 0 Å². The summed E-state index contributed by atoms with van der Waals surface area (Å²) in [6.07, 6.45) is 6.55. The van der Waals surface area contributed by atoms with Crippen LogP contribution >= 0.6 is 0 Å². The van der Waals surface area contributed by atoms with Crippen LogP contribution in [0.3, 0.4) is 0 Å². The van der Waals surface area contributed by atoms with Crippen LogP contribution < -0.4 is 5.48 Å². The molecule has 2 aromatic carbocycles. The smallest absolute Gasteiger partial charge is 0.267 e. The first kappa shape index (κ1) is 21.3. The number of hydrogen-bond acceptors (Lipinski definition) is 3. The predicted octanol–water partition coefficient (Wildman–Crippen LogP) is 4.84. The molecule has 0 saturated carbocycles. The van der Waals surface area contributed by atoms with Crippen LogP contribution in [0.2, 0.25) is 0 Å². The molecule has 5 heteroatoms. The van der Waals surface area contributed by atoms with Gasteiger partial charge in [-0.2, -0.15) is 0 Å². The molecule has 3 N–H and O–H groups in total. The number of hydroxylamine groups is 1. The number of nitrogens with zero attached hydrogens (tertiary/aromatic N) is 1. The van der Waals surface area contributed by atoms with Crippen molar-refractivity contribution < 1.29 is 10.0 Å². The van der Waals surface area contributed by atoms with Gasteiger partial charge in [0.15, 0.2) is 0 Å². The third kappa shape index (κ3) is 4.89. The normalized spacial score (nSPS) is 19.5. The second-order valence-electron chi connectivity index (χ2n) is 8.62. The van der Waals surface area contributed by atoms with Crippen molar-refractivity contribution in [2.75, 3.05) is 6.54 Å². The summed E-state index contributed by atoms with van der Waals surface area (Å²) in [7, 11) is 0. The van der Waals surface area contributed by atoms with E-state index in [4.69, 9.17) is 5.21 Å². The number of carbonyl (C=O) groups is 1. The number of aromatic amines is 1. The van der Waals surface area contributed by atoms with Gasteiger partial charge < -0.3 is 4.98 Å². The highest BCUT2D eigenvalue weighted by Crippen LogP contribution is 2.32. The van der Waals surface area contributed by atoms with Crippen LogP contribution in [0.5, 0.6) is 0 Å². The highest BCUT2D eigenvalue weighted by atomic mass is 16.5. The van der Waals surface area contributed by atoms with Gasteiger partial charge in [0.2, 0.25) is 0 Å². The molecule has 1 aliphatic heterocycles. The number of aromatic nitrogens is 1. The maximum absolute atomic E-state index is 11.2. The molecule has 1 fully saturated rings. The van der Waals surface area contributed by atoms with Gasteiger partial charge in [-0.05, 0) is 54.5 Å². The summed E-state index contributed by atoms with van der Waals surface area (Å²) >= 11 is 0. The number of rotatable bonds is 7. The second kappa shape index (κ2) is 9.50. The molecule has 2 unspecified atom stereocenters. The Morgan fingerprint density at radius 2 is 2.00 bits per heavy atom. The Kier molecular flexibility index (Phi) is 6.54.